The van der Waals surface area contributed by atoms with Gasteiger partial charge in [-0.2, -0.15) is 0 Å². The van der Waals surface area contributed by atoms with Gasteiger partial charge >= 0.3 is 11.9 Å². The molecule has 2 aliphatic heterocycles. The van der Waals surface area contributed by atoms with Crippen LogP contribution in [0, 0.1) is 0 Å². The van der Waals surface area contributed by atoms with Crippen molar-refractivity contribution in [1.29, 1.82) is 0 Å². The predicted molar refractivity (Wildman–Crippen MR) is 129 cm³/mol. The molecule has 2 N–H and O–H groups in total. The molecule has 33 heavy (non-hydrogen) atoms. The third kappa shape index (κ3) is 6.25. The van der Waals surface area contributed by atoms with E-state index >= 15 is 0 Å². The first kappa shape index (κ1) is 23.5. The minimum atomic E-state index is -1.26. The zero-order valence-electron chi connectivity index (χ0n) is 18.8. The van der Waals surface area contributed by atoms with Crippen LogP contribution in [-0.2, 0) is 16.0 Å². The first-order valence-electron chi connectivity index (χ1n) is 11.4. The van der Waals surface area contributed by atoms with Gasteiger partial charge in [0.05, 0.1) is 0 Å². The van der Waals surface area contributed by atoms with Gasteiger partial charge in [0.2, 0.25) is 0 Å². The number of hydrogen-bond donors (Lipinski definition) is 2. The van der Waals surface area contributed by atoms with Crippen molar-refractivity contribution in [3.05, 3.63) is 71.3 Å². The van der Waals surface area contributed by atoms with Gasteiger partial charge in [-0.25, -0.2) is 9.59 Å². The van der Waals surface area contributed by atoms with Gasteiger partial charge in [0.15, 0.2) is 0 Å². The molecule has 1 aliphatic carbocycles. The molecule has 2 fully saturated rings. The number of fused-ring (bicyclic) bond motifs is 2. The molecule has 6 nitrogen and oxygen atoms in total. The Morgan fingerprint density at radius 1 is 0.939 bits per heavy atom. The van der Waals surface area contributed by atoms with Crippen LogP contribution in [0.4, 0.5) is 0 Å². The fourth-order valence-corrected chi connectivity index (χ4v) is 5.52. The van der Waals surface area contributed by atoms with Crippen LogP contribution < -0.4 is 0 Å². The molecule has 1 atom stereocenters. The number of benzene rings is 2. The van der Waals surface area contributed by atoms with Gasteiger partial charge in [-0.1, -0.05) is 42.1 Å². The zero-order valence-corrected chi connectivity index (χ0v) is 19.6. The molecule has 0 radical (unpaired) electrons. The molecule has 1 saturated carbocycles. The number of carboxylic acid groups (broad SMARTS) is 2. The van der Waals surface area contributed by atoms with E-state index in [0.717, 1.165) is 12.3 Å². The molecule has 2 aromatic carbocycles. The van der Waals surface area contributed by atoms with Crippen molar-refractivity contribution in [2.24, 2.45) is 0 Å². The van der Waals surface area contributed by atoms with E-state index in [2.05, 4.69) is 59.3 Å². The maximum absolute atomic E-state index is 9.55. The van der Waals surface area contributed by atoms with Crippen molar-refractivity contribution < 1.29 is 19.8 Å². The Labute approximate surface area is 198 Å². The standard InChI is InChI=1S/C22H26N2S.C4H4O4/c1-23-10-12-24(13-11-23)20-15-18-4-2-3-5-21(18)25-22-9-8-17(14-19(20)22)16-6-7-16;5-3(6)1-2-4(7)8/h2-5,8-9,14,16,20H,6-7,10-13,15H2,1H3;1-2H,(H,5,6)(H,7,8)/b;2-1-. The fraction of sp³-hybridized carbons (Fsp3) is 0.385. The lowest BCUT2D eigenvalue weighted by atomic mass is 9.94. The molecule has 0 aromatic heterocycles. The summed E-state index contributed by atoms with van der Waals surface area (Å²) in [4.78, 5) is 27.2. The monoisotopic (exact) mass is 466 g/mol. The van der Waals surface area contributed by atoms with Crippen LogP contribution in [0.2, 0.25) is 0 Å². The average molecular weight is 467 g/mol. The lowest BCUT2D eigenvalue weighted by molar-refractivity contribution is -0.134. The second-order valence-corrected chi connectivity index (χ2v) is 9.93. The number of carboxylic acids is 2. The van der Waals surface area contributed by atoms with E-state index in [-0.39, 0.29) is 0 Å². The molecule has 1 unspecified atom stereocenters. The van der Waals surface area contributed by atoms with Crippen molar-refractivity contribution in [3.63, 3.8) is 0 Å². The van der Waals surface area contributed by atoms with Crippen LogP contribution in [0.1, 0.15) is 41.5 Å². The Balaban J connectivity index is 0.000000281. The van der Waals surface area contributed by atoms with Gasteiger partial charge in [0.25, 0.3) is 0 Å². The second-order valence-electron chi connectivity index (χ2n) is 8.85. The van der Waals surface area contributed by atoms with Gasteiger partial charge in [0, 0.05) is 54.2 Å². The minimum Gasteiger partial charge on any atom is -0.478 e. The van der Waals surface area contributed by atoms with Crippen LogP contribution in [0.5, 0.6) is 0 Å². The van der Waals surface area contributed by atoms with Crippen LogP contribution in [0.3, 0.4) is 0 Å². The van der Waals surface area contributed by atoms with Gasteiger partial charge in [-0.3, -0.25) is 4.90 Å². The molecule has 0 amide bonds. The number of aliphatic carboxylic acids is 2. The molecule has 0 spiro atoms. The van der Waals surface area contributed by atoms with Crippen molar-refractivity contribution in [2.45, 2.75) is 41.0 Å². The SMILES string of the molecule is CN1CCN(C2Cc3ccccc3Sc3ccc(C4CC4)cc32)CC1.O=C(O)/C=C\C(=O)O. The Bertz CT molecular complexity index is 1030. The first-order chi connectivity index (χ1) is 15.9. The summed E-state index contributed by atoms with van der Waals surface area (Å²) in [5.41, 5.74) is 4.67. The Kier molecular flexibility index (Phi) is 7.53. The van der Waals surface area contributed by atoms with Gasteiger partial charge in [-0.05, 0) is 61.1 Å². The summed E-state index contributed by atoms with van der Waals surface area (Å²) in [6.45, 7) is 4.73. The third-order valence-corrected chi connectivity index (χ3v) is 7.60. The number of rotatable bonds is 4. The Hall–Kier alpha value is -2.61. The van der Waals surface area contributed by atoms with E-state index in [1.807, 2.05) is 11.8 Å². The van der Waals surface area contributed by atoms with E-state index in [4.69, 9.17) is 10.2 Å². The zero-order chi connectivity index (χ0) is 23.4. The highest BCUT2D eigenvalue weighted by molar-refractivity contribution is 7.99. The smallest absolute Gasteiger partial charge is 0.328 e. The van der Waals surface area contributed by atoms with Crippen molar-refractivity contribution in [3.8, 4) is 0 Å². The number of nitrogens with zero attached hydrogens (tertiary/aromatic N) is 2. The quantitative estimate of drug-likeness (QED) is 0.651. The third-order valence-electron chi connectivity index (χ3n) is 6.39. The summed E-state index contributed by atoms with van der Waals surface area (Å²) in [6, 6.07) is 16.9. The highest BCUT2D eigenvalue weighted by Gasteiger charge is 2.31. The fourth-order valence-electron chi connectivity index (χ4n) is 4.40. The molecule has 2 heterocycles. The van der Waals surface area contributed by atoms with E-state index < -0.39 is 11.9 Å². The summed E-state index contributed by atoms with van der Waals surface area (Å²) < 4.78 is 0. The van der Waals surface area contributed by atoms with E-state index in [9.17, 15) is 9.59 Å². The highest BCUT2D eigenvalue weighted by atomic mass is 32.2. The van der Waals surface area contributed by atoms with Crippen molar-refractivity contribution in [1.82, 2.24) is 9.80 Å². The van der Waals surface area contributed by atoms with Gasteiger partial charge < -0.3 is 15.1 Å². The van der Waals surface area contributed by atoms with Crippen LogP contribution in [0.25, 0.3) is 0 Å². The normalized spacial score (nSPS) is 20.8. The van der Waals surface area contributed by atoms with Crippen LogP contribution >= 0.6 is 11.8 Å². The summed E-state index contributed by atoms with van der Waals surface area (Å²) in [5.74, 6) is -1.69. The largest absolute Gasteiger partial charge is 0.478 e. The highest BCUT2D eigenvalue weighted by Crippen LogP contribution is 2.46. The van der Waals surface area contributed by atoms with Crippen LogP contribution in [0.15, 0.2) is 64.4 Å². The lowest BCUT2D eigenvalue weighted by Gasteiger charge is -2.38. The molecular weight excluding hydrogens is 436 g/mol. The molecule has 5 rings (SSSR count). The number of piperazine rings is 1. The molecular formula is C26H30N2O4S. The Morgan fingerprint density at radius 3 is 2.24 bits per heavy atom. The summed E-state index contributed by atoms with van der Waals surface area (Å²) in [5, 5.41) is 15.6. The molecule has 3 aliphatic rings. The predicted octanol–water partition coefficient (Wildman–Crippen LogP) is 4.27. The van der Waals surface area contributed by atoms with E-state index in [0.29, 0.717) is 18.2 Å². The van der Waals surface area contributed by atoms with Crippen molar-refractivity contribution >= 4 is 23.7 Å². The maximum Gasteiger partial charge on any atom is 0.328 e. The average Bonchev–Trinajstić information content (AvgIpc) is 3.65. The summed E-state index contributed by atoms with van der Waals surface area (Å²) in [6.07, 6.45) is 5.02. The molecule has 174 valence electrons. The van der Waals surface area contributed by atoms with Gasteiger partial charge in [-0.15, -0.1) is 0 Å². The minimum absolute atomic E-state index is 0.526. The lowest BCUT2D eigenvalue weighted by Crippen LogP contribution is -2.46. The van der Waals surface area contributed by atoms with Crippen LogP contribution in [-0.4, -0.2) is 65.2 Å². The maximum atomic E-state index is 9.55. The first-order valence-corrected chi connectivity index (χ1v) is 12.2. The summed E-state index contributed by atoms with van der Waals surface area (Å²) >= 11 is 1.98. The van der Waals surface area contributed by atoms with E-state index in [1.54, 1.807) is 11.1 Å². The molecule has 7 heteroatoms. The molecule has 0 bridgehead atoms. The number of likely N-dealkylation sites (N-methyl/N-ethyl adjacent to an activating group) is 1. The molecule has 1 saturated heterocycles. The van der Waals surface area contributed by atoms with Gasteiger partial charge in [0.1, 0.15) is 0 Å². The number of hydrogen-bond acceptors (Lipinski definition) is 5. The Morgan fingerprint density at radius 2 is 1.61 bits per heavy atom. The van der Waals surface area contributed by atoms with Crippen molar-refractivity contribution in [2.75, 3.05) is 33.2 Å². The summed E-state index contributed by atoms with van der Waals surface area (Å²) in [7, 11) is 2.24. The van der Waals surface area contributed by atoms with E-state index in [1.165, 1.54) is 54.4 Å². The second kappa shape index (κ2) is 10.5. The number of carbonyl (C=O) groups is 2. The topological polar surface area (TPSA) is 81.1 Å². The molecule has 2 aromatic rings.